The van der Waals surface area contributed by atoms with Crippen molar-refractivity contribution in [1.82, 2.24) is 39.6 Å². The van der Waals surface area contributed by atoms with Crippen LogP contribution in [0.1, 0.15) is 43.6 Å². The van der Waals surface area contributed by atoms with Gasteiger partial charge >= 0.3 is 30.5 Å². The molecule has 4 aromatic rings. The molecule has 1 saturated carbocycles. The minimum absolute atomic E-state index is 0.139. The van der Waals surface area contributed by atoms with Gasteiger partial charge in [-0.2, -0.15) is 54.9 Å². The SMILES string of the molecule is N#CCC1(n2cc(-c3ncnc4[nH]ccc34)cn2)CN([C@H]2CC[C@@H](Oc3cc(CO)nc(C(F)(F)F)n3)CC2)C1.O=C(O)C(F)(F)F.O=C(O)C(F)(F)F. The molecule has 1 aliphatic heterocycles. The Morgan fingerprint density at radius 2 is 1.59 bits per heavy atom. The predicted molar refractivity (Wildman–Crippen MR) is 162 cm³/mol. The second kappa shape index (κ2) is 16.2. The second-order valence-corrected chi connectivity index (χ2v) is 11.9. The summed E-state index contributed by atoms with van der Waals surface area (Å²) < 4.78 is 111. The topological polar surface area (TPSA) is 216 Å². The Hall–Kier alpha value is -5.57. The molecule has 4 aromatic heterocycles. The van der Waals surface area contributed by atoms with Crippen LogP contribution in [-0.2, 0) is 27.9 Å². The van der Waals surface area contributed by atoms with Crippen molar-refractivity contribution >= 4 is 23.0 Å². The molecule has 0 amide bonds. The zero-order valence-corrected chi connectivity index (χ0v) is 27.3. The van der Waals surface area contributed by atoms with E-state index in [2.05, 4.69) is 41.0 Å². The fourth-order valence-electron chi connectivity index (χ4n) is 5.70. The van der Waals surface area contributed by atoms with Gasteiger partial charge < -0.3 is 25.0 Å². The molecular weight excluding hydrogens is 753 g/mol. The number of aliphatic hydroxyl groups excluding tert-OH is 1. The van der Waals surface area contributed by atoms with Gasteiger partial charge in [0.2, 0.25) is 11.7 Å². The second-order valence-electron chi connectivity index (χ2n) is 11.9. The molecule has 0 atom stereocenters. The minimum atomic E-state index is -5.08. The Morgan fingerprint density at radius 3 is 2.13 bits per heavy atom. The van der Waals surface area contributed by atoms with Crippen LogP contribution >= 0.6 is 0 Å². The van der Waals surface area contributed by atoms with Gasteiger partial charge in [0, 0.05) is 48.5 Å². The Morgan fingerprint density at radius 1 is 0.981 bits per heavy atom. The highest BCUT2D eigenvalue weighted by Gasteiger charge is 2.48. The molecule has 0 spiro atoms. The summed E-state index contributed by atoms with van der Waals surface area (Å²) in [4.78, 5) is 38.7. The lowest BCUT2D eigenvalue weighted by Gasteiger charge is -2.53. The van der Waals surface area contributed by atoms with E-state index in [-0.39, 0.29) is 23.7 Å². The molecule has 0 radical (unpaired) electrons. The van der Waals surface area contributed by atoms with E-state index in [1.54, 1.807) is 6.20 Å². The molecule has 15 nitrogen and oxygen atoms in total. The number of nitriles is 1. The largest absolute Gasteiger partial charge is 0.490 e. The zero-order chi connectivity index (χ0) is 40.1. The van der Waals surface area contributed by atoms with Crippen molar-refractivity contribution in [3.63, 3.8) is 0 Å². The molecule has 2 fully saturated rings. The number of carbonyl (C=O) groups is 2. The van der Waals surface area contributed by atoms with Gasteiger partial charge in [-0.25, -0.2) is 24.5 Å². The van der Waals surface area contributed by atoms with E-state index in [1.165, 1.54) is 12.4 Å². The Balaban J connectivity index is 0.000000396. The van der Waals surface area contributed by atoms with E-state index >= 15 is 0 Å². The molecule has 1 saturated heterocycles. The number of hydrogen-bond acceptors (Lipinski definition) is 11. The van der Waals surface area contributed by atoms with Crippen molar-refractivity contribution in [2.45, 2.75) is 74.9 Å². The first-order valence-electron chi connectivity index (χ1n) is 15.4. The van der Waals surface area contributed by atoms with Gasteiger partial charge in [-0.1, -0.05) is 0 Å². The molecule has 0 bridgehead atoms. The smallest absolute Gasteiger partial charge is 0.475 e. The first-order valence-corrected chi connectivity index (χ1v) is 15.4. The molecule has 4 N–H and O–H groups in total. The maximum Gasteiger partial charge on any atom is 0.490 e. The fourth-order valence-corrected chi connectivity index (χ4v) is 5.70. The fraction of sp³-hybridized carbons (Fsp3) is 0.467. The Bertz CT molecular complexity index is 1940. The number of carboxylic acids is 2. The van der Waals surface area contributed by atoms with Gasteiger partial charge in [-0.05, 0) is 31.7 Å². The number of fused-ring (bicyclic) bond motifs is 1. The van der Waals surface area contributed by atoms with E-state index in [0.29, 0.717) is 32.4 Å². The summed E-state index contributed by atoms with van der Waals surface area (Å²) in [5.74, 6) is -7.02. The van der Waals surface area contributed by atoms with Gasteiger partial charge in [0.1, 0.15) is 23.6 Å². The normalized spacial score (nSPS) is 18.6. The number of aliphatic carboxylic acids is 2. The number of hydrogen-bond donors (Lipinski definition) is 4. The van der Waals surface area contributed by atoms with Crippen molar-refractivity contribution in [3.05, 3.63) is 48.6 Å². The molecule has 54 heavy (non-hydrogen) atoms. The van der Waals surface area contributed by atoms with Crippen molar-refractivity contribution in [1.29, 1.82) is 5.26 Å². The summed E-state index contributed by atoms with van der Waals surface area (Å²) in [5, 5.41) is 38.6. The Labute approximate surface area is 297 Å². The average molecular weight is 782 g/mol. The third-order valence-electron chi connectivity index (χ3n) is 8.20. The summed E-state index contributed by atoms with van der Waals surface area (Å²) in [5.41, 5.74) is 1.78. The highest BCUT2D eigenvalue weighted by atomic mass is 19.4. The van der Waals surface area contributed by atoms with Crippen LogP contribution in [0.3, 0.4) is 0 Å². The van der Waals surface area contributed by atoms with Crippen LogP contribution in [0.5, 0.6) is 5.88 Å². The minimum Gasteiger partial charge on any atom is -0.475 e. The maximum absolute atomic E-state index is 13.1. The quantitative estimate of drug-likeness (QED) is 0.187. The van der Waals surface area contributed by atoms with Crippen LogP contribution in [0, 0.1) is 11.3 Å². The van der Waals surface area contributed by atoms with Crippen molar-refractivity contribution < 1.29 is 69.2 Å². The summed E-state index contributed by atoms with van der Waals surface area (Å²) in [6, 6.07) is 5.75. The number of likely N-dealkylation sites (tertiary alicyclic amines) is 1. The molecule has 1 aliphatic carbocycles. The number of nitrogens with one attached hydrogen (secondary N) is 1. The van der Waals surface area contributed by atoms with E-state index in [9.17, 15) is 49.9 Å². The Kier molecular flexibility index (Phi) is 12.4. The van der Waals surface area contributed by atoms with Crippen molar-refractivity contribution in [2.24, 2.45) is 0 Å². The number of carboxylic acid groups (broad SMARTS) is 2. The van der Waals surface area contributed by atoms with Gasteiger partial charge in [0.25, 0.3) is 0 Å². The van der Waals surface area contributed by atoms with Gasteiger partial charge in [-0.3, -0.25) is 9.58 Å². The summed E-state index contributed by atoms with van der Waals surface area (Å²) in [6.45, 7) is 0.700. The lowest BCUT2D eigenvalue weighted by Crippen LogP contribution is -2.65. The van der Waals surface area contributed by atoms with E-state index in [0.717, 1.165) is 35.1 Å². The number of ether oxygens (including phenoxy) is 1. The van der Waals surface area contributed by atoms with E-state index < -0.39 is 48.4 Å². The van der Waals surface area contributed by atoms with Crippen LogP contribution in [-0.4, -0.2) is 104 Å². The van der Waals surface area contributed by atoms with Gasteiger partial charge in [-0.15, -0.1) is 0 Å². The molecule has 6 rings (SSSR count). The standard InChI is InChI=1S/C26H26F3N9O2.2C2HF3O2/c27-26(28,29)24-35-17(12-39)9-21(36-24)40-19-3-1-18(2-4-19)37-13-25(14-37,6-7-30)38-11-16(10-34-38)22-20-5-8-31-23(20)33-15-32-22;2*3-2(4,5)1(6)7/h5,8-11,15,18-19,39H,1-4,6,12-14H2,(H,31,32,33);2*(H,6,7)/t18-,19+;;. The first-order chi connectivity index (χ1) is 25.2. The summed E-state index contributed by atoms with van der Waals surface area (Å²) in [6.07, 6.45) is -4.94. The van der Waals surface area contributed by atoms with Crippen LogP contribution in [0.2, 0.25) is 0 Å². The lowest BCUT2D eigenvalue weighted by atomic mass is 9.82. The van der Waals surface area contributed by atoms with E-state index in [4.69, 9.17) is 24.5 Å². The lowest BCUT2D eigenvalue weighted by molar-refractivity contribution is -0.193. The molecular formula is C30H28F9N9O6. The van der Waals surface area contributed by atoms with Crippen LogP contribution in [0.4, 0.5) is 39.5 Å². The predicted octanol–water partition coefficient (Wildman–Crippen LogP) is 4.70. The molecule has 2 aliphatic rings. The highest BCUT2D eigenvalue weighted by molar-refractivity contribution is 5.90. The van der Waals surface area contributed by atoms with Crippen molar-refractivity contribution in [3.8, 4) is 23.2 Å². The molecule has 0 aromatic carbocycles. The zero-order valence-electron chi connectivity index (χ0n) is 27.3. The first kappa shape index (κ1) is 41.2. The average Bonchev–Trinajstić information content (AvgIpc) is 3.77. The van der Waals surface area contributed by atoms with Crippen molar-refractivity contribution in [2.75, 3.05) is 13.1 Å². The number of aliphatic hydroxyl groups is 1. The maximum atomic E-state index is 13.1. The number of H-pyrrole nitrogens is 1. The van der Waals surface area contributed by atoms with Gasteiger partial charge in [0.15, 0.2) is 0 Å². The van der Waals surface area contributed by atoms with Crippen LogP contribution in [0.25, 0.3) is 22.3 Å². The summed E-state index contributed by atoms with van der Waals surface area (Å²) >= 11 is 0. The third-order valence-corrected chi connectivity index (χ3v) is 8.20. The monoisotopic (exact) mass is 781 g/mol. The number of alkyl halides is 9. The third kappa shape index (κ3) is 10.1. The van der Waals surface area contributed by atoms with E-state index in [1.807, 2.05) is 23.1 Å². The molecule has 24 heteroatoms. The number of aromatic nitrogens is 7. The number of aromatic amines is 1. The number of nitrogens with zero attached hydrogens (tertiary/aromatic N) is 8. The van der Waals surface area contributed by atoms with Crippen LogP contribution < -0.4 is 4.74 Å². The molecule has 5 heterocycles. The number of rotatable bonds is 7. The molecule has 0 unspecified atom stereocenters. The molecule has 292 valence electrons. The van der Waals surface area contributed by atoms with Crippen LogP contribution in [0.15, 0.2) is 37.1 Å². The highest BCUT2D eigenvalue weighted by Crippen LogP contribution is 2.39. The van der Waals surface area contributed by atoms with Gasteiger partial charge in [0.05, 0.1) is 36.7 Å². The number of halogens is 9. The summed E-state index contributed by atoms with van der Waals surface area (Å²) in [7, 11) is 0.